The number of aryl methyl sites for hydroxylation is 2. The fourth-order valence-electron chi connectivity index (χ4n) is 2.99. The Morgan fingerprint density at radius 3 is 2.75 bits per heavy atom. The molecule has 0 unspecified atom stereocenters. The molecule has 0 N–H and O–H groups in total. The number of halogens is 1. The quantitative estimate of drug-likeness (QED) is 0.368. The van der Waals surface area contributed by atoms with Crippen molar-refractivity contribution in [2.45, 2.75) is 32.7 Å². The Bertz CT molecular complexity index is 814. The second kappa shape index (κ2) is 7.92. The standard InChI is InChI=1S/C18H22ClN3OSi/c1-13-7-14(2)9-15(8-13)10-24-6-5-23-12-22-4-3-16-17(19)20-11-21-18(16)22/h3-4,7-9,11H,5-6,10,12,24H2,1-2H3. The Morgan fingerprint density at radius 1 is 1.17 bits per heavy atom. The molecule has 0 aliphatic heterocycles. The maximum absolute atomic E-state index is 6.05. The van der Waals surface area contributed by atoms with Crippen LogP contribution in [0.25, 0.3) is 11.0 Å². The Labute approximate surface area is 149 Å². The summed E-state index contributed by atoms with van der Waals surface area (Å²) in [6.45, 7) is 5.64. The highest BCUT2D eigenvalue weighted by Gasteiger charge is 2.06. The van der Waals surface area contributed by atoms with Gasteiger partial charge in [0.15, 0.2) is 0 Å². The first-order valence-corrected chi connectivity index (χ1v) is 10.6. The van der Waals surface area contributed by atoms with Gasteiger partial charge in [-0.15, -0.1) is 0 Å². The molecule has 0 atom stereocenters. The number of rotatable bonds is 7. The fourth-order valence-corrected chi connectivity index (χ4v) is 4.53. The van der Waals surface area contributed by atoms with Crippen molar-refractivity contribution in [1.29, 1.82) is 0 Å². The van der Waals surface area contributed by atoms with E-state index in [1.807, 2.05) is 16.8 Å². The van der Waals surface area contributed by atoms with Crippen LogP contribution >= 0.6 is 11.6 Å². The van der Waals surface area contributed by atoms with Crippen molar-refractivity contribution < 1.29 is 4.74 Å². The second-order valence-electron chi connectivity index (χ2n) is 6.18. The van der Waals surface area contributed by atoms with Crippen molar-refractivity contribution in [3.63, 3.8) is 0 Å². The molecule has 3 rings (SSSR count). The van der Waals surface area contributed by atoms with E-state index in [0.717, 1.165) is 17.6 Å². The molecular formula is C18H22ClN3OSi. The van der Waals surface area contributed by atoms with Crippen molar-refractivity contribution in [3.05, 3.63) is 58.6 Å². The van der Waals surface area contributed by atoms with E-state index in [9.17, 15) is 0 Å². The maximum atomic E-state index is 6.05. The molecule has 24 heavy (non-hydrogen) atoms. The number of aromatic nitrogens is 3. The molecule has 0 radical (unpaired) electrons. The molecule has 2 aromatic heterocycles. The van der Waals surface area contributed by atoms with Gasteiger partial charge in [0.2, 0.25) is 0 Å². The van der Waals surface area contributed by atoms with E-state index >= 15 is 0 Å². The normalized spacial score (nSPS) is 11.8. The summed E-state index contributed by atoms with van der Waals surface area (Å²) in [5, 5.41) is 1.35. The van der Waals surface area contributed by atoms with Crippen molar-refractivity contribution in [1.82, 2.24) is 14.5 Å². The largest absolute Gasteiger partial charge is 0.361 e. The van der Waals surface area contributed by atoms with Crippen LogP contribution in [0.1, 0.15) is 16.7 Å². The topological polar surface area (TPSA) is 39.9 Å². The van der Waals surface area contributed by atoms with E-state index in [1.54, 1.807) is 0 Å². The third kappa shape index (κ3) is 4.23. The summed E-state index contributed by atoms with van der Waals surface area (Å²) < 4.78 is 7.77. The number of benzene rings is 1. The van der Waals surface area contributed by atoms with E-state index in [1.165, 1.54) is 35.1 Å². The molecular weight excluding hydrogens is 338 g/mol. The molecule has 0 fully saturated rings. The molecule has 126 valence electrons. The van der Waals surface area contributed by atoms with Gasteiger partial charge in [0, 0.05) is 22.3 Å². The van der Waals surface area contributed by atoms with Gasteiger partial charge in [0.05, 0.1) is 5.39 Å². The Morgan fingerprint density at radius 2 is 1.96 bits per heavy atom. The average molecular weight is 360 g/mol. The van der Waals surface area contributed by atoms with Gasteiger partial charge in [0.25, 0.3) is 0 Å². The van der Waals surface area contributed by atoms with Crippen molar-refractivity contribution in [2.24, 2.45) is 0 Å². The van der Waals surface area contributed by atoms with E-state index in [2.05, 4.69) is 42.0 Å². The molecule has 2 heterocycles. The van der Waals surface area contributed by atoms with Gasteiger partial charge >= 0.3 is 0 Å². The van der Waals surface area contributed by atoms with Gasteiger partial charge in [-0.25, -0.2) is 9.97 Å². The van der Waals surface area contributed by atoms with Crippen molar-refractivity contribution in [2.75, 3.05) is 6.61 Å². The molecule has 0 spiro atoms. The van der Waals surface area contributed by atoms with Gasteiger partial charge in [0.1, 0.15) is 23.9 Å². The number of hydrogen-bond acceptors (Lipinski definition) is 3. The molecule has 6 heteroatoms. The minimum Gasteiger partial charge on any atom is -0.361 e. The predicted molar refractivity (Wildman–Crippen MR) is 101 cm³/mol. The first-order chi connectivity index (χ1) is 11.6. The van der Waals surface area contributed by atoms with Crippen LogP contribution in [0.15, 0.2) is 36.8 Å². The number of ether oxygens (including phenoxy) is 1. The fraction of sp³-hybridized carbons (Fsp3) is 0.333. The summed E-state index contributed by atoms with van der Waals surface area (Å²) in [5.41, 5.74) is 5.01. The lowest BCUT2D eigenvalue weighted by atomic mass is 10.1. The molecule has 1 aromatic carbocycles. The van der Waals surface area contributed by atoms with Gasteiger partial charge in [-0.1, -0.05) is 46.5 Å². The smallest absolute Gasteiger partial charge is 0.146 e. The molecule has 3 aromatic rings. The minimum atomic E-state index is -0.135. The first-order valence-electron chi connectivity index (χ1n) is 8.24. The molecule has 0 amide bonds. The predicted octanol–water partition coefficient (Wildman–Crippen LogP) is 3.46. The number of hydrogen-bond donors (Lipinski definition) is 0. The molecule has 0 aliphatic rings. The second-order valence-corrected chi connectivity index (χ2v) is 8.45. The van der Waals surface area contributed by atoms with Gasteiger partial charge < -0.3 is 9.30 Å². The van der Waals surface area contributed by atoms with E-state index in [4.69, 9.17) is 16.3 Å². The molecule has 4 nitrogen and oxygen atoms in total. The summed E-state index contributed by atoms with van der Waals surface area (Å²) in [6.07, 6.45) is 3.43. The lowest BCUT2D eigenvalue weighted by Crippen LogP contribution is -2.06. The Kier molecular flexibility index (Phi) is 5.66. The first kappa shape index (κ1) is 17.1. The zero-order valence-corrected chi connectivity index (χ0v) is 16.3. The minimum absolute atomic E-state index is 0.135. The highest BCUT2D eigenvalue weighted by molar-refractivity contribution is 6.35. The van der Waals surface area contributed by atoms with E-state index < -0.39 is 0 Å². The van der Waals surface area contributed by atoms with Crippen LogP contribution in [0.2, 0.25) is 11.2 Å². The molecule has 0 saturated heterocycles. The van der Waals surface area contributed by atoms with Crippen molar-refractivity contribution >= 4 is 32.2 Å². The zero-order chi connectivity index (χ0) is 16.9. The van der Waals surface area contributed by atoms with Crippen LogP contribution in [0, 0.1) is 13.8 Å². The van der Waals surface area contributed by atoms with Gasteiger partial charge in [-0.3, -0.25) is 0 Å². The van der Waals surface area contributed by atoms with Crippen LogP contribution in [0.3, 0.4) is 0 Å². The highest BCUT2D eigenvalue weighted by atomic mass is 35.5. The Balaban J connectivity index is 1.43. The van der Waals surface area contributed by atoms with Crippen LogP contribution in [-0.2, 0) is 17.5 Å². The van der Waals surface area contributed by atoms with Gasteiger partial charge in [-0.2, -0.15) is 0 Å². The SMILES string of the molecule is Cc1cc(C)cc(C[SiH2]CCOCn2ccc3c(Cl)ncnc32)c1. The number of nitrogens with zero attached hydrogens (tertiary/aromatic N) is 3. The molecule has 0 aliphatic carbocycles. The summed E-state index contributed by atoms with van der Waals surface area (Å²) in [7, 11) is -0.135. The zero-order valence-electron chi connectivity index (χ0n) is 14.1. The summed E-state index contributed by atoms with van der Waals surface area (Å²) in [6, 6.07) is 11.2. The van der Waals surface area contributed by atoms with E-state index in [-0.39, 0.29) is 9.52 Å². The van der Waals surface area contributed by atoms with Crippen LogP contribution in [0.5, 0.6) is 0 Å². The molecule has 0 saturated carbocycles. The molecule has 0 bridgehead atoms. The number of fused-ring (bicyclic) bond motifs is 1. The highest BCUT2D eigenvalue weighted by Crippen LogP contribution is 2.19. The van der Waals surface area contributed by atoms with Crippen molar-refractivity contribution in [3.8, 4) is 0 Å². The summed E-state index contributed by atoms with van der Waals surface area (Å²) in [4.78, 5) is 8.26. The van der Waals surface area contributed by atoms with Gasteiger partial charge in [-0.05, 0) is 32.0 Å². The van der Waals surface area contributed by atoms with E-state index in [0.29, 0.717) is 11.9 Å². The van der Waals surface area contributed by atoms with Crippen LogP contribution < -0.4 is 0 Å². The lowest BCUT2D eigenvalue weighted by Gasteiger charge is -2.07. The Hall–Kier alpha value is -1.69. The summed E-state index contributed by atoms with van der Waals surface area (Å²) >= 11 is 6.05. The third-order valence-corrected chi connectivity index (χ3v) is 6.04. The summed E-state index contributed by atoms with van der Waals surface area (Å²) in [5.74, 6) is 0. The third-order valence-electron chi connectivity index (χ3n) is 4.02. The monoisotopic (exact) mass is 359 g/mol. The van der Waals surface area contributed by atoms with Crippen LogP contribution in [-0.4, -0.2) is 30.7 Å². The average Bonchev–Trinajstić information content (AvgIpc) is 2.94. The lowest BCUT2D eigenvalue weighted by molar-refractivity contribution is 0.0904. The maximum Gasteiger partial charge on any atom is 0.146 e. The van der Waals surface area contributed by atoms with Crippen LogP contribution in [0.4, 0.5) is 0 Å².